The lowest BCUT2D eigenvalue weighted by Gasteiger charge is -2.25. The maximum atomic E-state index is 12.9. The van der Waals surface area contributed by atoms with Gasteiger partial charge in [0.25, 0.3) is 0 Å². The first-order chi connectivity index (χ1) is 12.0. The van der Waals surface area contributed by atoms with Crippen LogP contribution in [0, 0.1) is 6.92 Å². The van der Waals surface area contributed by atoms with Gasteiger partial charge in [0.05, 0.1) is 12.1 Å². The molecule has 5 nitrogen and oxygen atoms in total. The second-order valence-corrected chi connectivity index (χ2v) is 7.11. The summed E-state index contributed by atoms with van der Waals surface area (Å²) in [5.74, 6) is 0.164. The van der Waals surface area contributed by atoms with Crippen molar-refractivity contribution in [1.29, 1.82) is 0 Å². The lowest BCUT2D eigenvalue weighted by molar-refractivity contribution is -0.132. The number of nitrogens with zero attached hydrogens (tertiary/aromatic N) is 4. The van der Waals surface area contributed by atoms with Gasteiger partial charge in [0, 0.05) is 51.5 Å². The molecule has 134 valence electrons. The Morgan fingerprint density at radius 2 is 1.92 bits per heavy atom. The summed E-state index contributed by atoms with van der Waals surface area (Å²) in [4.78, 5) is 17.4. The fraction of sp³-hybridized carbons (Fsp3) is 0.500. The fourth-order valence-corrected chi connectivity index (χ4v) is 3.43. The van der Waals surface area contributed by atoms with Crippen molar-refractivity contribution in [2.45, 2.75) is 32.7 Å². The lowest BCUT2D eigenvalue weighted by Crippen LogP contribution is -2.37. The summed E-state index contributed by atoms with van der Waals surface area (Å²) in [7, 11) is 1.94. The summed E-state index contributed by atoms with van der Waals surface area (Å²) >= 11 is 0. The van der Waals surface area contributed by atoms with E-state index in [2.05, 4.69) is 47.4 Å². The Labute approximate surface area is 150 Å². The number of hydrogen-bond acceptors (Lipinski definition) is 3. The monoisotopic (exact) mass is 340 g/mol. The van der Waals surface area contributed by atoms with Crippen LogP contribution in [-0.2, 0) is 18.4 Å². The summed E-state index contributed by atoms with van der Waals surface area (Å²) < 4.78 is 1.84. The lowest BCUT2D eigenvalue weighted by atomic mass is 9.98. The Hall–Kier alpha value is -2.14. The molecule has 2 heterocycles. The Morgan fingerprint density at radius 3 is 2.60 bits per heavy atom. The van der Waals surface area contributed by atoms with Crippen LogP contribution in [0.1, 0.15) is 36.0 Å². The average molecular weight is 340 g/mol. The summed E-state index contributed by atoms with van der Waals surface area (Å²) in [5.41, 5.74) is 3.56. The van der Waals surface area contributed by atoms with Crippen molar-refractivity contribution >= 4 is 5.91 Å². The molecule has 1 saturated heterocycles. The number of aromatic nitrogens is 2. The molecule has 0 spiro atoms. The van der Waals surface area contributed by atoms with E-state index in [1.165, 1.54) is 11.1 Å². The zero-order valence-corrected chi connectivity index (χ0v) is 15.5. The van der Waals surface area contributed by atoms with E-state index >= 15 is 0 Å². The van der Waals surface area contributed by atoms with Crippen LogP contribution in [0.4, 0.5) is 0 Å². The quantitative estimate of drug-likeness (QED) is 0.859. The predicted molar refractivity (Wildman–Crippen MR) is 99.3 cm³/mol. The molecule has 25 heavy (non-hydrogen) atoms. The van der Waals surface area contributed by atoms with Gasteiger partial charge in [-0.3, -0.25) is 14.4 Å². The molecule has 0 saturated carbocycles. The number of aryl methyl sites for hydroxylation is 2. The van der Waals surface area contributed by atoms with E-state index in [9.17, 15) is 4.79 Å². The van der Waals surface area contributed by atoms with Gasteiger partial charge in [0.2, 0.25) is 5.91 Å². The van der Waals surface area contributed by atoms with Gasteiger partial charge in [-0.05, 0) is 25.8 Å². The highest BCUT2D eigenvalue weighted by molar-refractivity contribution is 5.83. The molecular formula is C20H28N4O. The number of amides is 1. The van der Waals surface area contributed by atoms with Gasteiger partial charge in [0.15, 0.2) is 0 Å². The summed E-state index contributed by atoms with van der Waals surface area (Å²) in [6.07, 6.45) is 5.01. The highest BCUT2D eigenvalue weighted by atomic mass is 16.2. The molecule has 0 N–H and O–H groups in total. The normalized spacial score (nSPS) is 17.3. The maximum absolute atomic E-state index is 12.9. The van der Waals surface area contributed by atoms with Gasteiger partial charge in [-0.15, -0.1) is 0 Å². The third-order valence-corrected chi connectivity index (χ3v) is 5.01. The molecule has 5 heteroatoms. The van der Waals surface area contributed by atoms with Crippen LogP contribution < -0.4 is 0 Å². The Kier molecular flexibility index (Phi) is 5.53. The number of carbonyl (C=O) groups excluding carboxylic acids is 1. The third-order valence-electron chi connectivity index (χ3n) is 5.01. The Morgan fingerprint density at radius 1 is 1.16 bits per heavy atom. The van der Waals surface area contributed by atoms with Gasteiger partial charge in [-0.1, -0.05) is 29.8 Å². The van der Waals surface area contributed by atoms with E-state index in [0.717, 1.165) is 44.7 Å². The minimum atomic E-state index is -0.0783. The van der Waals surface area contributed by atoms with E-state index in [4.69, 9.17) is 0 Å². The SMILES string of the molecule is Cc1ccc([C@@H](C)C(=O)N2CCCN(Cc3cnn(C)c3)CC2)cc1. The molecule has 0 radical (unpaired) electrons. The first kappa shape index (κ1) is 17.7. The van der Waals surface area contributed by atoms with Crippen LogP contribution in [0.2, 0.25) is 0 Å². The van der Waals surface area contributed by atoms with Gasteiger partial charge >= 0.3 is 0 Å². The first-order valence-electron chi connectivity index (χ1n) is 9.08. The summed E-state index contributed by atoms with van der Waals surface area (Å²) in [6.45, 7) is 8.59. The van der Waals surface area contributed by atoms with Crippen molar-refractivity contribution in [2.75, 3.05) is 26.2 Å². The molecule has 1 amide bonds. The van der Waals surface area contributed by atoms with E-state index in [1.54, 1.807) is 0 Å². The van der Waals surface area contributed by atoms with Crippen LogP contribution >= 0.6 is 0 Å². The molecular weight excluding hydrogens is 312 g/mol. The molecule has 1 fully saturated rings. The van der Waals surface area contributed by atoms with Crippen molar-refractivity contribution in [3.8, 4) is 0 Å². The molecule has 1 atom stereocenters. The molecule has 1 aliphatic heterocycles. The van der Waals surface area contributed by atoms with Crippen molar-refractivity contribution in [3.63, 3.8) is 0 Å². The minimum Gasteiger partial charge on any atom is -0.341 e. The van der Waals surface area contributed by atoms with E-state index in [1.807, 2.05) is 29.7 Å². The molecule has 1 aromatic heterocycles. The van der Waals surface area contributed by atoms with Crippen LogP contribution in [0.25, 0.3) is 0 Å². The second kappa shape index (κ2) is 7.83. The first-order valence-corrected chi connectivity index (χ1v) is 9.08. The molecule has 1 aromatic carbocycles. The highest BCUT2D eigenvalue weighted by Crippen LogP contribution is 2.20. The molecule has 0 aliphatic carbocycles. The van der Waals surface area contributed by atoms with E-state index in [-0.39, 0.29) is 11.8 Å². The van der Waals surface area contributed by atoms with Crippen molar-refractivity contribution in [2.24, 2.45) is 7.05 Å². The van der Waals surface area contributed by atoms with Gasteiger partial charge in [0.1, 0.15) is 0 Å². The number of carbonyl (C=O) groups is 1. The Balaban J connectivity index is 1.58. The molecule has 0 bridgehead atoms. The average Bonchev–Trinajstić information content (AvgIpc) is 2.87. The number of hydrogen-bond donors (Lipinski definition) is 0. The fourth-order valence-electron chi connectivity index (χ4n) is 3.43. The standard InChI is InChI=1S/C20H28N4O/c1-16-5-7-19(8-6-16)17(2)20(25)24-10-4-9-23(11-12-24)15-18-13-21-22(3)14-18/h5-8,13-14,17H,4,9-12,15H2,1-3H3/t17-/m1/s1. The smallest absolute Gasteiger partial charge is 0.229 e. The van der Waals surface area contributed by atoms with Crippen molar-refractivity contribution in [3.05, 3.63) is 53.3 Å². The largest absolute Gasteiger partial charge is 0.341 e. The predicted octanol–water partition coefficient (Wildman–Crippen LogP) is 2.57. The molecule has 1 aliphatic rings. The zero-order valence-electron chi connectivity index (χ0n) is 15.5. The zero-order chi connectivity index (χ0) is 17.8. The van der Waals surface area contributed by atoms with Crippen LogP contribution in [-0.4, -0.2) is 51.7 Å². The van der Waals surface area contributed by atoms with Crippen LogP contribution in [0.3, 0.4) is 0 Å². The molecule has 0 unspecified atom stereocenters. The topological polar surface area (TPSA) is 41.4 Å². The van der Waals surface area contributed by atoms with Crippen LogP contribution in [0.15, 0.2) is 36.7 Å². The van der Waals surface area contributed by atoms with Crippen molar-refractivity contribution in [1.82, 2.24) is 19.6 Å². The minimum absolute atomic E-state index is 0.0783. The second-order valence-electron chi connectivity index (χ2n) is 7.11. The third kappa shape index (κ3) is 4.48. The number of rotatable bonds is 4. The Bertz CT molecular complexity index is 707. The molecule has 3 rings (SSSR count). The van der Waals surface area contributed by atoms with Crippen LogP contribution in [0.5, 0.6) is 0 Å². The van der Waals surface area contributed by atoms with E-state index in [0.29, 0.717) is 0 Å². The summed E-state index contributed by atoms with van der Waals surface area (Å²) in [6, 6.07) is 8.31. The number of benzene rings is 1. The maximum Gasteiger partial charge on any atom is 0.229 e. The molecule has 2 aromatic rings. The summed E-state index contributed by atoms with van der Waals surface area (Å²) in [5, 5.41) is 4.24. The highest BCUT2D eigenvalue weighted by Gasteiger charge is 2.24. The van der Waals surface area contributed by atoms with Gasteiger partial charge < -0.3 is 4.90 Å². The van der Waals surface area contributed by atoms with E-state index < -0.39 is 0 Å². The van der Waals surface area contributed by atoms with Gasteiger partial charge in [-0.25, -0.2) is 0 Å². The van der Waals surface area contributed by atoms with Crippen molar-refractivity contribution < 1.29 is 4.79 Å². The van der Waals surface area contributed by atoms with Gasteiger partial charge in [-0.2, -0.15) is 5.10 Å².